The third kappa shape index (κ3) is 2.63. The average molecular weight is 280 g/mol. The normalized spacial score (nSPS) is 12.1. The number of rotatable bonds is 4. The lowest BCUT2D eigenvalue weighted by Gasteiger charge is -2.18. The van der Waals surface area contributed by atoms with Gasteiger partial charge in [0.1, 0.15) is 11.4 Å². The van der Waals surface area contributed by atoms with Crippen LogP contribution in [0, 0.1) is 0 Å². The van der Waals surface area contributed by atoms with Crippen LogP contribution in [-0.2, 0) is 0 Å². The van der Waals surface area contributed by atoms with Crippen molar-refractivity contribution >= 4 is 16.7 Å². The van der Waals surface area contributed by atoms with E-state index in [1.54, 1.807) is 25.7 Å². The Labute approximate surface area is 123 Å². The topological polar surface area (TPSA) is 59.9 Å². The van der Waals surface area contributed by atoms with Crippen LogP contribution < -0.4 is 10.1 Å². The highest BCUT2D eigenvalue weighted by atomic mass is 16.5. The molecule has 0 bridgehead atoms. The standard InChI is InChI=1S/C16H16N4O/c1-11(15-14(21-2)6-4-8-17-15)20-13-7-10-19-16-12(13)5-3-9-18-16/h3-11H,1-2H3,(H,18,19,20). The van der Waals surface area contributed by atoms with E-state index in [1.807, 2.05) is 37.3 Å². The molecule has 0 aliphatic carbocycles. The minimum Gasteiger partial charge on any atom is -0.495 e. The Morgan fingerprint density at radius 2 is 1.76 bits per heavy atom. The smallest absolute Gasteiger partial charge is 0.161 e. The second-order valence-electron chi connectivity index (χ2n) is 4.69. The van der Waals surface area contributed by atoms with Gasteiger partial charge in [0.25, 0.3) is 0 Å². The first-order chi connectivity index (χ1) is 10.3. The molecule has 0 aromatic carbocycles. The van der Waals surface area contributed by atoms with Crippen LogP contribution in [0.2, 0.25) is 0 Å². The number of aromatic nitrogens is 3. The first-order valence-electron chi connectivity index (χ1n) is 6.75. The van der Waals surface area contributed by atoms with Gasteiger partial charge in [-0.1, -0.05) is 0 Å². The van der Waals surface area contributed by atoms with Crippen molar-refractivity contribution in [3.63, 3.8) is 0 Å². The maximum absolute atomic E-state index is 5.36. The number of hydrogen-bond acceptors (Lipinski definition) is 5. The lowest BCUT2D eigenvalue weighted by molar-refractivity contribution is 0.404. The minimum absolute atomic E-state index is 0.00644. The average Bonchev–Trinajstić information content (AvgIpc) is 2.55. The van der Waals surface area contributed by atoms with Gasteiger partial charge in [-0.3, -0.25) is 4.98 Å². The van der Waals surface area contributed by atoms with Gasteiger partial charge in [-0.15, -0.1) is 0 Å². The van der Waals surface area contributed by atoms with Crippen LogP contribution in [0.25, 0.3) is 11.0 Å². The van der Waals surface area contributed by atoms with Gasteiger partial charge in [-0.2, -0.15) is 0 Å². The molecule has 3 heterocycles. The van der Waals surface area contributed by atoms with Crippen molar-refractivity contribution in [3.05, 3.63) is 54.6 Å². The van der Waals surface area contributed by atoms with E-state index >= 15 is 0 Å². The van der Waals surface area contributed by atoms with Crippen molar-refractivity contribution in [1.82, 2.24) is 15.0 Å². The predicted octanol–water partition coefficient (Wildman–Crippen LogP) is 3.21. The Balaban J connectivity index is 1.95. The Bertz CT molecular complexity index is 755. The Hall–Kier alpha value is -2.69. The molecule has 0 fully saturated rings. The number of nitrogens with zero attached hydrogens (tertiary/aromatic N) is 3. The van der Waals surface area contributed by atoms with Crippen LogP contribution in [0.15, 0.2) is 48.9 Å². The van der Waals surface area contributed by atoms with Crippen LogP contribution in [-0.4, -0.2) is 22.1 Å². The quantitative estimate of drug-likeness (QED) is 0.795. The zero-order chi connectivity index (χ0) is 14.7. The lowest BCUT2D eigenvalue weighted by atomic mass is 10.1. The molecule has 1 N–H and O–H groups in total. The van der Waals surface area contributed by atoms with E-state index in [-0.39, 0.29) is 6.04 Å². The summed E-state index contributed by atoms with van der Waals surface area (Å²) in [6.45, 7) is 2.05. The third-order valence-corrected chi connectivity index (χ3v) is 3.32. The van der Waals surface area contributed by atoms with Crippen molar-refractivity contribution in [2.75, 3.05) is 12.4 Å². The fourth-order valence-electron chi connectivity index (χ4n) is 2.31. The van der Waals surface area contributed by atoms with E-state index in [1.165, 1.54) is 0 Å². The Kier molecular flexibility index (Phi) is 3.64. The van der Waals surface area contributed by atoms with E-state index in [4.69, 9.17) is 4.74 Å². The van der Waals surface area contributed by atoms with Gasteiger partial charge in [-0.05, 0) is 37.3 Å². The zero-order valence-corrected chi connectivity index (χ0v) is 11.9. The van der Waals surface area contributed by atoms with Crippen molar-refractivity contribution in [2.24, 2.45) is 0 Å². The molecule has 106 valence electrons. The van der Waals surface area contributed by atoms with Crippen LogP contribution in [0.4, 0.5) is 5.69 Å². The Morgan fingerprint density at radius 1 is 1.00 bits per heavy atom. The molecule has 0 aliphatic heterocycles. The van der Waals surface area contributed by atoms with Crippen molar-refractivity contribution in [1.29, 1.82) is 0 Å². The summed E-state index contributed by atoms with van der Waals surface area (Å²) in [4.78, 5) is 12.9. The first-order valence-corrected chi connectivity index (χ1v) is 6.75. The summed E-state index contributed by atoms with van der Waals surface area (Å²) in [7, 11) is 1.65. The molecule has 0 radical (unpaired) electrons. The molecule has 0 amide bonds. The number of pyridine rings is 3. The van der Waals surface area contributed by atoms with E-state index in [0.717, 1.165) is 28.2 Å². The van der Waals surface area contributed by atoms with Gasteiger partial charge in [0.05, 0.1) is 13.2 Å². The fourth-order valence-corrected chi connectivity index (χ4v) is 2.31. The molecule has 0 saturated heterocycles. The molecule has 3 rings (SSSR count). The summed E-state index contributed by atoms with van der Waals surface area (Å²) in [5.41, 5.74) is 2.57. The monoisotopic (exact) mass is 280 g/mol. The zero-order valence-electron chi connectivity index (χ0n) is 11.9. The Morgan fingerprint density at radius 3 is 2.62 bits per heavy atom. The predicted molar refractivity (Wildman–Crippen MR) is 82.4 cm³/mol. The van der Waals surface area contributed by atoms with Crippen LogP contribution in [0.3, 0.4) is 0 Å². The summed E-state index contributed by atoms with van der Waals surface area (Å²) in [6.07, 6.45) is 5.26. The molecule has 21 heavy (non-hydrogen) atoms. The van der Waals surface area contributed by atoms with Gasteiger partial charge in [-0.25, -0.2) is 9.97 Å². The molecule has 1 atom stereocenters. The number of hydrogen-bond donors (Lipinski definition) is 1. The molecule has 3 aromatic rings. The highest BCUT2D eigenvalue weighted by molar-refractivity contribution is 5.88. The number of nitrogens with one attached hydrogen (secondary N) is 1. The van der Waals surface area contributed by atoms with Gasteiger partial charge < -0.3 is 10.1 Å². The first kappa shape index (κ1) is 13.3. The van der Waals surface area contributed by atoms with Crippen LogP contribution >= 0.6 is 0 Å². The minimum atomic E-state index is 0.00644. The molecule has 0 saturated carbocycles. The molecule has 5 nitrogen and oxygen atoms in total. The molecule has 3 aromatic heterocycles. The maximum atomic E-state index is 5.36. The number of fused-ring (bicyclic) bond motifs is 1. The molecule has 0 spiro atoms. The highest BCUT2D eigenvalue weighted by Gasteiger charge is 2.13. The van der Waals surface area contributed by atoms with E-state index in [9.17, 15) is 0 Å². The van der Waals surface area contributed by atoms with E-state index < -0.39 is 0 Å². The SMILES string of the molecule is COc1cccnc1C(C)Nc1ccnc2ncccc12. The highest BCUT2D eigenvalue weighted by Crippen LogP contribution is 2.28. The summed E-state index contributed by atoms with van der Waals surface area (Å²) in [6, 6.07) is 9.62. The number of ether oxygens (including phenoxy) is 1. The molecule has 0 aliphatic rings. The molecular weight excluding hydrogens is 264 g/mol. The second-order valence-corrected chi connectivity index (χ2v) is 4.69. The summed E-state index contributed by atoms with van der Waals surface area (Å²) < 4.78 is 5.36. The van der Waals surface area contributed by atoms with Gasteiger partial charge in [0.2, 0.25) is 0 Å². The van der Waals surface area contributed by atoms with E-state index in [2.05, 4.69) is 20.3 Å². The number of anilines is 1. The van der Waals surface area contributed by atoms with E-state index in [0.29, 0.717) is 0 Å². The van der Waals surface area contributed by atoms with Gasteiger partial charge in [0, 0.05) is 29.7 Å². The fraction of sp³-hybridized carbons (Fsp3) is 0.188. The van der Waals surface area contributed by atoms with Gasteiger partial charge >= 0.3 is 0 Å². The molecule has 5 heteroatoms. The van der Waals surface area contributed by atoms with Crippen molar-refractivity contribution in [2.45, 2.75) is 13.0 Å². The van der Waals surface area contributed by atoms with Crippen LogP contribution in [0.1, 0.15) is 18.7 Å². The largest absolute Gasteiger partial charge is 0.495 e. The molecular formula is C16H16N4O. The van der Waals surface area contributed by atoms with Gasteiger partial charge in [0.15, 0.2) is 5.65 Å². The molecule has 1 unspecified atom stereocenters. The van der Waals surface area contributed by atoms with Crippen molar-refractivity contribution < 1.29 is 4.74 Å². The van der Waals surface area contributed by atoms with Crippen molar-refractivity contribution in [3.8, 4) is 5.75 Å². The number of methoxy groups -OCH3 is 1. The summed E-state index contributed by atoms with van der Waals surface area (Å²) >= 11 is 0. The van der Waals surface area contributed by atoms with Crippen LogP contribution in [0.5, 0.6) is 5.75 Å². The summed E-state index contributed by atoms with van der Waals surface area (Å²) in [5.74, 6) is 0.772. The maximum Gasteiger partial charge on any atom is 0.161 e. The lowest BCUT2D eigenvalue weighted by Crippen LogP contribution is -2.10. The second kappa shape index (κ2) is 5.75. The third-order valence-electron chi connectivity index (χ3n) is 3.32. The summed E-state index contributed by atoms with van der Waals surface area (Å²) in [5, 5.41) is 4.44.